The number of carboxylic acid groups (broad SMARTS) is 1. The fourth-order valence-electron chi connectivity index (χ4n) is 2.35. The Bertz CT molecular complexity index is 294. The molecule has 104 valence electrons. The second-order valence-electron chi connectivity index (χ2n) is 5.02. The Kier molecular flexibility index (Phi) is 5.95. The van der Waals surface area contributed by atoms with E-state index in [1.54, 1.807) is 4.90 Å². The summed E-state index contributed by atoms with van der Waals surface area (Å²) < 4.78 is 0. The van der Waals surface area contributed by atoms with Gasteiger partial charge in [0.1, 0.15) is 6.04 Å². The third-order valence-corrected chi connectivity index (χ3v) is 3.49. The molecule has 0 aromatic rings. The summed E-state index contributed by atoms with van der Waals surface area (Å²) in [6, 6.07) is -0.799. The van der Waals surface area contributed by atoms with E-state index in [9.17, 15) is 9.59 Å². The van der Waals surface area contributed by atoms with Gasteiger partial charge in [0.05, 0.1) is 0 Å². The second-order valence-corrected chi connectivity index (χ2v) is 5.02. The quantitative estimate of drug-likeness (QED) is 0.810. The summed E-state index contributed by atoms with van der Waals surface area (Å²) in [5, 5.41) is 11.7. The minimum Gasteiger partial charge on any atom is -0.480 e. The molecule has 18 heavy (non-hydrogen) atoms. The van der Waals surface area contributed by atoms with E-state index >= 15 is 0 Å². The molecule has 2 N–H and O–H groups in total. The van der Waals surface area contributed by atoms with Crippen molar-refractivity contribution in [1.29, 1.82) is 0 Å². The highest BCUT2D eigenvalue weighted by Crippen LogP contribution is 2.16. The first-order valence-corrected chi connectivity index (χ1v) is 6.86. The summed E-state index contributed by atoms with van der Waals surface area (Å²) in [6.07, 6.45) is 5.51. The van der Waals surface area contributed by atoms with Gasteiger partial charge in [-0.25, -0.2) is 9.59 Å². The summed E-state index contributed by atoms with van der Waals surface area (Å²) in [5.74, 6) is -0.951. The Morgan fingerprint density at radius 1 is 1.39 bits per heavy atom. The Balaban J connectivity index is 2.58. The first-order chi connectivity index (χ1) is 8.56. The normalized spacial score (nSPS) is 22.1. The van der Waals surface area contributed by atoms with E-state index < -0.39 is 12.0 Å². The number of nitrogens with one attached hydrogen (secondary N) is 1. The second kappa shape index (κ2) is 7.24. The highest BCUT2D eigenvalue weighted by molar-refractivity contribution is 5.82. The van der Waals surface area contributed by atoms with Crippen LogP contribution in [0.5, 0.6) is 0 Å². The number of aliphatic carboxylic acids is 1. The Hall–Kier alpha value is -1.26. The van der Waals surface area contributed by atoms with Crippen LogP contribution in [0.1, 0.15) is 52.4 Å². The average molecular weight is 256 g/mol. The first kappa shape index (κ1) is 14.8. The van der Waals surface area contributed by atoms with E-state index in [0.29, 0.717) is 6.42 Å². The molecule has 1 rings (SSSR count). The van der Waals surface area contributed by atoms with Crippen LogP contribution in [0, 0.1) is 0 Å². The fourth-order valence-corrected chi connectivity index (χ4v) is 2.35. The number of carbonyl (C=O) groups is 2. The molecule has 1 saturated heterocycles. The Labute approximate surface area is 109 Å². The van der Waals surface area contributed by atoms with E-state index in [0.717, 1.165) is 38.6 Å². The number of hydrogen-bond donors (Lipinski definition) is 2. The molecule has 0 spiro atoms. The minimum absolute atomic E-state index is 0.198. The number of nitrogens with zero attached hydrogens (tertiary/aromatic N) is 1. The lowest BCUT2D eigenvalue weighted by molar-refractivity contribution is -0.139. The molecule has 2 amide bonds. The number of urea groups is 1. The van der Waals surface area contributed by atoms with Crippen LogP contribution in [0.25, 0.3) is 0 Å². The van der Waals surface area contributed by atoms with Crippen molar-refractivity contribution in [1.82, 2.24) is 10.2 Å². The van der Waals surface area contributed by atoms with Gasteiger partial charge in [0.25, 0.3) is 0 Å². The molecule has 5 nitrogen and oxygen atoms in total. The van der Waals surface area contributed by atoms with Crippen molar-refractivity contribution in [2.75, 3.05) is 6.54 Å². The Morgan fingerprint density at radius 3 is 2.72 bits per heavy atom. The maximum Gasteiger partial charge on any atom is 0.326 e. The van der Waals surface area contributed by atoms with Gasteiger partial charge < -0.3 is 15.3 Å². The van der Waals surface area contributed by atoms with Crippen molar-refractivity contribution in [3.8, 4) is 0 Å². The van der Waals surface area contributed by atoms with Crippen molar-refractivity contribution in [2.24, 2.45) is 0 Å². The van der Waals surface area contributed by atoms with Crippen LogP contribution in [0.15, 0.2) is 0 Å². The van der Waals surface area contributed by atoms with Crippen LogP contribution in [-0.4, -0.2) is 40.6 Å². The largest absolute Gasteiger partial charge is 0.480 e. The van der Waals surface area contributed by atoms with Crippen LogP contribution in [0.3, 0.4) is 0 Å². The number of rotatable bonds is 4. The first-order valence-electron chi connectivity index (χ1n) is 6.86. The molecule has 1 aliphatic heterocycles. The van der Waals surface area contributed by atoms with Crippen LogP contribution < -0.4 is 5.32 Å². The molecular weight excluding hydrogens is 232 g/mol. The van der Waals surface area contributed by atoms with E-state index in [2.05, 4.69) is 5.32 Å². The van der Waals surface area contributed by atoms with Crippen molar-refractivity contribution >= 4 is 12.0 Å². The predicted molar refractivity (Wildman–Crippen MR) is 69.5 cm³/mol. The van der Waals surface area contributed by atoms with Gasteiger partial charge in [-0.15, -0.1) is 0 Å². The molecule has 1 aliphatic rings. The van der Waals surface area contributed by atoms with Gasteiger partial charge in [-0.3, -0.25) is 0 Å². The number of carbonyl (C=O) groups excluding carboxylic acids is 1. The summed E-state index contributed by atoms with van der Waals surface area (Å²) in [5.41, 5.74) is 0. The molecule has 5 heteroatoms. The lowest BCUT2D eigenvalue weighted by Gasteiger charge is -2.28. The molecule has 0 bridgehead atoms. The molecule has 1 unspecified atom stereocenters. The molecule has 0 aliphatic carbocycles. The van der Waals surface area contributed by atoms with Gasteiger partial charge in [0.15, 0.2) is 0 Å². The topological polar surface area (TPSA) is 69.6 Å². The number of likely N-dealkylation sites (tertiary alicyclic amines) is 1. The molecule has 1 heterocycles. The van der Waals surface area contributed by atoms with Crippen molar-refractivity contribution in [3.63, 3.8) is 0 Å². The van der Waals surface area contributed by atoms with Gasteiger partial charge >= 0.3 is 12.0 Å². The molecule has 0 saturated carbocycles. The number of amides is 2. The van der Waals surface area contributed by atoms with Crippen LogP contribution in [0.4, 0.5) is 4.79 Å². The lowest BCUT2D eigenvalue weighted by Crippen LogP contribution is -2.50. The zero-order valence-corrected chi connectivity index (χ0v) is 11.3. The van der Waals surface area contributed by atoms with E-state index in [-0.39, 0.29) is 12.1 Å². The van der Waals surface area contributed by atoms with E-state index in [1.165, 1.54) is 0 Å². The summed E-state index contributed by atoms with van der Waals surface area (Å²) >= 11 is 0. The highest BCUT2D eigenvalue weighted by atomic mass is 16.4. The van der Waals surface area contributed by atoms with Gasteiger partial charge in [-0.05, 0) is 26.2 Å². The minimum atomic E-state index is -0.951. The molecule has 0 radical (unpaired) electrons. The van der Waals surface area contributed by atoms with Crippen LogP contribution in [-0.2, 0) is 4.79 Å². The van der Waals surface area contributed by atoms with Crippen molar-refractivity contribution < 1.29 is 14.7 Å². The summed E-state index contributed by atoms with van der Waals surface area (Å²) in [6.45, 7) is 4.67. The molecule has 0 aromatic heterocycles. The van der Waals surface area contributed by atoms with Gasteiger partial charge in [-0.2, -0.15) is 0 Å². The smallest absolute Gasteiger partial charge is 0.326 e. The van der Waals surface area contributed by atoms with Crippen LogP contribution >= 0.6 is 0 Å². The molecule has 1 fully saturated rings. The van der Waals surface area contributed by atoms with Crippen molar-refractivity contribution in [3.05, 3.63) is 0 Å². The van der Waals surface area contributed by atoms with Gasteiger partial charge in [0.2, 0.25) is 0 Å². The third kappa shape index (κ3) is 4.20. The zero-order chi connectivity index (χ0) is 13.5. The molecule has 0 aromatic carbocycles. The summed E-state index contributed by atoms with van der Waals surface area (Å²) in [4.78, 5) is 24.9. The summed E-state index contributed by atoms with van der Waals surface area (Å²) in [7, 11) is 0. The van der Waals surface area contributed by atoms with E-state index in [1.807, 2.05) is 13.8 Å². The SMILES string of the molecule is CCC[C@@H](NC(=O)N1CCCCCC1C)C(=O)O. The lowest BCUT2D eigenvalue weighted by atomic mass is 10.1. The third-order valence-electron chi connectivity index (χ3n) is 3.49. The maximum absolute atomic E-state index is 12.1. The standard InChI is InChI=1S/C13H24N2O3/c1-3-7-11(12(16)17)14-13(18)15-9-6-4-5-8-10(15)2/h10-11H,3-9H2,1-2H3,(H,14,18)(H,16,17)/t10?,11-/m1/s1. The molecule has 2 atom stereocenters. The number of carboxylic acids is 1. The predicted octanol–water partition coefficient (Wildman–Crippen LogP) is 2.21. The van der Waals surface area contributed by atoms with Crippen molar-refractivity contribution in [2.45, 2.75) is 64.5 Å². The maximum atomic E-state index is 12.1. The Morgan fingerprint density at radius 2 is 2.11 bits per heavy atom. The monoisotopic (exact) mass is 256 g/mol. The van der Waals surface area contributed by atoms with Crippen LogP contribution in [0.2, 0.25) is 0 Å². The zero-order valence-electron chi connectivity index (χ0n) is 11.3. The molecular formula is C13H24N2O3. The average Bonchev–Trinajstić information content (AvgIpc) is 2.53. The number of hydrogen-bond acceptors (Lipinski definition) is 2. The fraction of sp³-hybridized carbons (Fsp3) is 0.846. The van der Waals surface area contributed by atoms with Gasteiger partial charge in [-0.1, -0.05) is 26.2 Å². The van der Waals surface area contributed by atoms with Gasteiger partial charge in [0, 0.05) is 12.6 Å². The van der Waals surface area contributed by atoms with E-state index in [4.69, 9.17) is 5.11 Å². The highest BCUT2D eigenvalue weighted by Gasteiger charge is 2.26.